The van der Waals surface area contributed by atoms with Crippen LogP contribution in [0, 0.1) is 0 Å². The highest BCUT2D eigenvalue weighted by Crippen LogP contribution is 2.10. The van der Waals surface area contributed by atoms with Crippen molar-refractivity contribution in [2.24, 2.45) is 0 Å². The summed E-state index contributed by atoms with van der Waals surface area (Å²) < 4.78 is 0. The summed E-state index contributed by atoms with van der Waals surface area (Å²) in [4.78, 5) is 26.1. The van der Waals surface area contributed by atoms with Gasteiger partial charge in [-0.15, -0.1) is 0 Å². The highest BCUT2D eigenvalue weighted by atomic mass is 16.2. The SMILES string of the molecule is CCCCCNC(=O)C(C)NC(C)C(=O)N1CCCCC1. The number of amides is 2. The fourth-order valence-corrected chi connectivity index (χ4v) is 2.65. The van der Waals surface area contributed by atoms with E-state index >= 15 is 0 Å². The second-order valence-electron chi connectivity index (χ2n) is 5.99. The number of nitrogens with one attached hydrogen (secondary N) is 2. The number of rotatable bonds is 8. The van der Waals surface area contributed by atoms with E-state index in [1.54, 1.807) is 0 Å². The first-order valence-corrected chi connectivity index (χ1v) is 8.38. The molecule has 0 aromatic heterocycles. The van der Waals surface area contributed by atoms with E-state index in [0.717, 1.165) is 45.2 Å². The Morgan fingerprint density at radius 3 is 2.33 bits per heavy atom. The molecule has 1 fully saturated rings. The zero-order valence-electron chi connectivity index (χ0n) is 13.8. The molecule has 0 aliphatic carbocycles. The van der Waals surface area contributed by atoms with E-state index in [9.17, 15) is 9.59 Å². The minimum Gasteiger partial charge on any atom is -0.355 e. The number of carbonyl (C=O) groups excluding carboxylic acids is 2. The van der Waals surface area contributed by atoms with Crippen molar-refractivity contribution in [1.82, 2.24) is 15.5 Å². The maximum atomic E-state index is 12.3. The Labute approximate surface area is 128 Å². The van der Waals surface area contributed by atoms with Gasteiger partial charge in [-0.3, -0.25) is 14.9 Å². The van der Waals surface area contributed by atoms with Crippen molar-refractivity contribution in [2.45, 2.75) is 71.4 Å². The number of unbranched alkanes of at least 4 members (excludes halogenated alkanes) is 2. The quantitative estimate of drug-likeness (QED) is 0.670. The van der Waals surface area contributed by atoms with Crippen LogP contribution >= 0.6 is 0 Å². The fourth-order valence-electron chi connectivity index (χ4n) is 2.65. The standard InChI is InChI=1S/C16H31N3O2/c1-4-5-7-10-17-15(20)13(2)18-14(3)16(21)19-11-8-6-9-12-19/h13-14,18H,4-12H2,1-3H3,(H,17,20). The fraction of sp³-hybridized carbons (Fsp3) is 0.875. The van der Waals surface area contributed by atoms with Gasteiger partial charge in [0, 0.05) is 19.6 Å². The van der Waals surface area contributed by atoms with Crippen molar-refractivity contribution in [2.75, 3.05) is 19.6 Å². The summed E-state index contributed by atoms with van der Waals surface area (Å²) in [5, 5.41) is 6.03. The maximum Gasteiger partial charge on any atom is 0.239 e. The number of likely N-dealkylation sites (tertiary alicyclic amines) is 1. The molecule has 0 saturated carbocycles. The van der Waals surface area contributed by atoms with Crippen LogP contribution in [0.4, 0.5) is 0 Å². The molecular weight excluding hydrogens is 266 g/mol. The minimum absolute atomic E-state index is 0.0237. The molecule has 5 nitrogen and oxygen atoms in total. The van der Waals surface area contributed by atoms with Crippen molar-refractivity contribution < 1.29 is 9.59 Å². The van der Waals surface area contributed by atoms with Crippen molar-refractivity contribution in [3.63, 3.8) is 0 Å². The van der Waals surface area contributed by atoms with Gasteiger partial charge in [-0.1, -0.05) is 19.8 Å². The van der Waals surface area contributed by atoms with Gasteiger partial charge < -0.3 is 10.2 Å². The Hall–Kier alpha value is -1.10. The molecule has 5 heteroatoms. The Bertz CT molecular complexity index is 327. The molecule has 0 spiro atoms. The molecule has 21 heavy (non-hydrogen) atoms. The van der Waals surface area contributed by atoms with Gasteiger partial charge >= 0.3 is 0 Å². The van der Waals surface area contributed by atoms with Crippen LogP contribution in [-0.2, 0) is 9.59 Å². The Morgan fingerprint density at radius 1 is 1.05 bits per heavy atom. The molecular formula is C16H31N3O2. The van der Waals surface area contributed by atoms with E-state index in [1.165, 1.54) is 6.42 Å². The molecule has 2 N–H and O–H groups in total. The number of hydrogen-bond acceptors (Lipinski definition) is 3. The van der Waals surface area contributed by atoms with E-state index in [2.05, 4.69) is 17.6 Å². The average molecular weight is 297 g/mol. The van der Waals surface area contributed by atoms with Crippen molar-refractivity contribution >= 4 is 11.8 Å². The summed E-state index contributed by atoms with van der Waals surface area (Å²) in [7, 11) is 0. The number of carbonyl (C=O) groups is 2. The highest BCUT2D eigenvalue weighted by molar-refractivity contribution is 5.84. The maximum absolute atomic E-state index is 12.3. The summed E-state index contributed by atoms with van der Waals surface area (Å²) >= 11 is 0. The summed E-state index contributed by atoms with van der Waals surface area (Å²) in [6.07, 6.45) is 6.67. The van der Waals surface area contributed by atoms with Gasteiger partial charge in [0.05, 0.1) is 12.1 Å². The lowest BCUT2D eigenvalue weighted by Crippen LogP contribution is -2.52. The summed E-state index contributed by atoms with van der Waals surface area (Å²) in [6, 6.07) is -0.644. The van der Waals surface area contributed by atoms with Crippen LogP contribution in [0.15, 0.2) is 0 Å². The Balaban J connectivity index is 2.29. The van der Waals surface area contributed by atoms with Gasteiger partial charge in [0.2, 0.25) is 11.8 Å². The third-order valence-corrected chi connectivity index (χ3v) is 4.01. The first kappa shape index (κ1) is 18.0. The summed E-state index contributed by atoms with van der Waals surface area (Å²) in [6.45, 7) is 8.21. The lowest BCUT2D eigenvalue weighted by Gasteiger charge is -2.30. The van der Waals surface area contributed by atoms with Crippen LogP contribution in [0.1, 0.15) is 59.3 Å². The van der Waals surface area contributed by atoms with E-state index < -0.39 is 0 Å². The molecule has 1 heterocycles. The molecule has 1 rings (SSSR count). The van der Waals surface area contributed by atoms with E-state index in [0.29, 0.717) is 6.54 Å². The third kappa shape index (κ3) is 6.46. The highest BCUT2D eigenvalue weighted by Gasteiger charge is 2.24. The molecule has 2 amide bonds. The lowest BCUT2D eigenvalue weighted by atomic mass is 10.1. The molecule has 0 bridgehead atoms. The van der Waals surface area contributed by atoms with Crippen molar-refractivity contribution in [1.29, 1.82) is 0 Å². The Morgan fingerprint density at radius 2 is 1.71 bits per heavy atom. The van der Waals surface area contributed by atoms with Gasteiger partial charge in [0.25, 0.3) is 0 Å². The van der Waals surface area contributed by atoms with E-state index in [-0.39, 0.29) is 23.9 Å². The predicted octanol–water partition coefficient (Wildman–Crippen LogP) is 1.67. The van der Waals surface area contributed by atoms with Crippen molar-refractivity contribution in [3.8, 4) is 0 Å². The molecule has 0 radical (unpaired) electrons. The average Bonchev–Trinajstić information content (AvgIpc) is 2.51. The molecule has 2 atom stereocenters. The largest absolute Gasteiger partial charge is 0.355 e. The predicted molar refractivity (Wildman–Crippen MR) is 85.0 cm³/mol. The monoisotopic (exact) mass is 297 g/mol. The molecule has 2 unspecified atom stereocenters. The second kappa shape index (κ2) is 9.77. The van der Waals surface area contributed by atoms with Crippen LogP contribution in [0.25, 0.3) is 0 Å². The van der Waals surface area contributed by atoms with Crippen LogP contribution in [0.2, 0.25) is 0 Å². The van der Waals surface area contributed by atoms with Crippen molar-refractivity contribution in [3.05, 3.63) is 0 Å². The normalized spacial score (nSPS) is 18.1. The first-order chi connectivity index (χ1) is 10.1. The van der Waals surface area contributed by atoms with E-state index in [4.69, 9.17) is 0 Å². The van der Waals surface area contributed by atoms with Gasteiger partial charge in [0.1, 0.15) is 0 Å². The first-order valence-electron chi connectivity index (χ1n) is 8.38. The van der Waals surface area contributed by atoms with Crippen LogP contribution in [0.3, 0.4) is 0 Å². The molecule has 0 aromatic carbocycles. The van der Waals surface area contributed by atoms with Crippen LogP contribution in [-0.4, -0.2) is 48.4 Å². The molecule has 1 saturated heterocycles. The second-order valence-corrected chi connectivity index (χ2v) is 5.99. The zero-order valence-corrected chi connectivity index (χ0v) is 13.8. The smallest absolute Gasteiger partial charge is 0.239 e. The molecule has 1 aliphatic rings. The number of hydrogen-bond donors (Lipinski definition) is 2. The van der Waals surface area contributed by atoms with Gasteiger partial charge in [-0.25, -0.2) is 0 Å². The molecule has 122 valence electrons. The van der Waals surface area contributed by atoms with Crippen LogP contribution < -0.4 is 10.6 Å². The van der Waals surface area contributed by atoms with Gasteiger partial charge in [-0.05, 0) is 39.5 Å². The minimum atomic E-state index is -0.338. The zero-order chi connectivity index (χ0) is 15.7. The number of nitrogens with zero attached hydrogens (tertiary/aromatic N) is 1. The summed E-state index contributed by atoms with van der Waals surface area (Å²) in [5.74, 6) is 0.0877. The molecule has 1 aliphatic heterocycles. The lowest BCUT2D eigenvalue weighted by molar-refractivity contribution is -0.134. The van der Waals surface area contributed by atoms with E-state index in [1.807, 2.05) is 18.7 Å². The third-order valence-electron chi connectivity index (χ3n) is 4.01. The topological polar surface area (TPSA) is 61.4 Å². The van der Waals surface area contributed by atoms with Gasteiger partial charge in [-0.2, -0.15) is 0 Å². The Kier molecular flexibility index (Phi) is 8.35. The molecule has 0 aromatic rings. The van der Waals surface area contributed by atoms with Gasteiger partial charge in [0.15, 0.2) is 0 Å². The van der Waals surface area contributed by atoms with Crippen LogP contribution in [0.5, 0.6) is 0 Å². The summed E-state index contributed by atoms with van der Waals surface area (Å²) in [5.41, 5.74) is 0. The number of piperidine rings is 1.